The highest BCUT2D eigenvalue weighted by molar-refractivity contribution is 6.00. The second-order valence-electron chi connectivity index (χ2n) is 19.0. The van der Waals surface area contributed by atoms with Gasteiger partial charge in [-0.25, -0.2) is 4.98 Å². The van der Waals surface area contributed by atoms with Gasteiger partial charge in [0.1, 0.15) is 17.9 Å². The van der Waals surface area contributed by atoms with Gasteiger partial charge in [0.25, 0.3) is 0 Å². The molecule has 0 bridgehead atoms. The van der Waals surface area contributed by atoms with Crippen LogP contribution in [0.1, 0.15) is 145 Å². The number of ether oxygens (including phenoxy) is 1. The molecule has 1 N–H and O–H groups in total. The Hall–Kier alpha value is -3.87. The highest BCUT2D eigenvalue weighted by Gasteiger charge is 2.67. The summed E-state index contributed by atoms with van der Waals surface area (Å²) < 4.78 is 12.2. The number of rotatable bonds is 12. The quantitative estimate of drug-likeness (QED) is 0.208. The molecule has 8 atom stereocenters. The fraction of sp³-hybridized carbons (Fsp3) is 0.705. The minimum absolute atomic E-state index is 0.00584. The minimum atomic E-state index is -1.17. The number of fused-ring (bicyclic) bond motifs is 5. The Morgan fingerprint density at radius 1 is 1.09 bits per heavy atom. The molecule has 0 radical (unpaired) electrons. The summed E-state index contributed by atoms with van der Waals surface area (Å²) in [6, 6.07) is 5.45. The first-order valence-electron chi connectivity index (χ1n) is 20.2. The molecule has 4 aliphatic carbocycles. The average molecular weight is 741 g/mol. The zero-order chi connectivity index (χ0) is 39.4. The number of aromatic nitrogens is 3. The van der Waals surface area contributed by atoms with E-state index in [-0.39, 0.29) is 51.8 Å². The van der Waals surface area contributed by atoms with Crippen molar-refractivity contribution in [3.63, 3.8) is 0 Å². The number of Topliss-reactive ketones (excluding diaryl/α,β-unsaturated/α-hetero) is 1. The molecule has 4 aliphatic rings. The van der Waals surface area contributed by atoms with E-state index in [0.29, 0.717) is 54.1 Å². The van der Waals surface area contributed by atoms with E-state index < -0.39 is 17.4 Å². The number of nitrogens with zero attached hydrogens (tertiary/aromatic N) is 4. The van der Waals surface area contributed by atoms with Gasteiger partial charge in [-0.15, -0.1) is 10.2 Å². The Morgan fingerprint density at radius 2 is 1.83 bits per heavy atom. The lowest BCUT2D eigenvalue weighted by atomic mass is 9.35. The highest BCUT2D eigenvalue weighted by Crippen LogP contribution is 2.75. The van der Waals surface area contributed by atoms with Crippen molar-refractivity contribution >= 4 is 17.7 Å². The van der Waals surface area contributed by atoms with Gasteiger partial charge in [-0.1, -0.05) is 54.0 Å². The molecular formula is C44H60N4O6. The van der Waals surface area contributed by atoms with Gasteiger partial charge in [-0.05, 0) is 129 Å². The monoisotopic (exact) mass is 740 g/mol. The summed E-state index contributed by atoms with van der Waals surface area (Å²) in [6.07, 6.45) is 10.9. The van der Waals surface area contributed by atoms with Crippen LogP contribution in [0, 0.1) is 62.1 Å². The molecule has 0 aliphatic heterocycles. The van der Waals surface area contributed by atoms with Crippen LogP contribution in [0.25, 0.3) is 11.5 Å². The van der Waals surface area contributed by atoms with E-state index in [2.05, 4.69) is 56.7 Å². The van der Waals surface area contributed by atoms with Crippen LogP contribution < -0.4 is 0 Å². The van der Waals surface area contributed by atoms with Crippen LogP contribution in [-0.2, 0) is 25.5 Å². The van der Waals surface area contributed by atoms with Crippen molar-refractivity contribution in [3.8, 4) is 17.5 Å². The number of allylic oxidation sites excluding steroid dienone is 2. The molecule has 54 heavy (non-hydrogen) atoms. The molecule has 0 amide bonds. The maximum absolute atomic E-state index is 14.1. The van der Waals surface area contributed by atoms with Gasteiger partial charge in [0, 0.05) is 24.5 Å². The number of ketones is 1. The third-order valence-corrected chi connectivity index (χ3v) is 15.3. The fourth-order valence-corrected chi connectivity index (χ4v) is 11.7. The van der Waals surface area contributed by atoms with Gasteiger partial charge in [-0.2, -0.15) is 5.26 Å². The molecule has 2 heterocycles. The summed E-state index contributed by atoms with van der Waals surface area (Å²) >= 11 is 0. The maximum Gasteiger partial charge on any atom is 0.309 e. The Bertz CT molecular complexity index is 1860. The number of hydrogen-bond acceptors (Lipinski definition) is 9. The van der Waals surface area contributed by atoms with E-state index in [0.717, 1.165) is 56.9 Å². The van der Waals surface area contributed by atoms with Gasteiger partial charge in [0.15, 0.2) is 5.78 Å². The van der Waals surface area contributed by atoms with E-state index in [4.69, 9.17) is 14.4 Å². The normalized spacial score (nSPS) is 32.8. The van der Waals surface area contributed by atoms with Crippen molar-refractivity contribution in [3.05, 3.63) is 41.1 Å². The first kappa shape index (κ1) is 39.8. The molecule has 6 rings (SSSR count). The lowest BCUT2D eigenvalue weighted by Crippen LogP contribution is -2.62. The molecule has 3 saturated carbocycles. The second-order valence-corrected chi connectivity index (χ2v) is 19.0. The molecule has 2 aromatic heterocycles. The van der Waals surface area contributed by atoms with Crippen LogP contribution in [0.2, 0.25) is 0 Å². The van der Waals surface area contributed by atoms with Gasteiger partial charge < -0.3 is 14.3 Å². The number of pyridine rings is 1. The summed E-state index contributed by atoms with van der Waals surface area (Å²) in [4.78, 5) is 42.8. The van der Waals surface area contributed by atoms with Crippen LogP contribution in [0.3, 0.4) is 0 Å². The SMILES string of the molecule is CC[C@H](CC[C@@]1(C)[C@H](C)CC[C@]2(C)[C@@H]1CC[C@@H]1C3=C(C(C)C)C(=O)C[C@]3(Cc3nnc(-c4ccc(C#N)nc4)o3)CC[C@]12C)OC(=O)CC(C)(C)C(=O)O. The third-order valence-electron chi connectivity index (χ3n) is 15.3. The molecule has 0 aromatic carbocycles. The van der Waals surface area contributed by atoms with Crippen molar-refractivity contribution in [2.45, 2.75) is 145 Å². The standard InChI is InChI=1S/C44H60N4O6/c1-10-30(53-35(50)23-40(5,6)39(51)52)16-17-41(7)27(4)15-18-43(9)33(41)14-13-31-37-36(26(2)3)32(49)21-44(37,20-19-42(31,43)8)22-34-47-48-38(54-34)28-11-12-29(24-45)46-25-28/h11-12,25-27,30-31,33H,10,13-23H2,1-9H3,(H,51,52)/t27-,30-,31-,33-,41+,42-,43-,44+/m1/s1. The number of hydrogen-bond donors (Lipinski definition) is 1. The Morgan fingerprint density at radius 3 is 2.46 bits per heavy atom. The number of carboxylic acid groups (broad SMARTS) is 1. The topological polar surface area (TPSA) is 156 Å². The van der Waals surface area contributed by atoms with Crippen molar-refractivity contribution in [2.24, 2.45) is 50.7 Å². The lowest BCUT2D eigenvalue weighted by Gasteiger charge is -2.69. The molecule has 2 aromatic rings. The lowest BCUT2D eigenvalue weighted by molar-refractivity contribution is -0.187. The number of carbonyl (C=O) groups excluding carboxylic acids is 2. The number of carbonyl (C=O) groups is 3. The number of nitriles is 1. The van der Waals surface area contributed by atoms with Crippen molar-refractivity contribution in [1.82, 2.24) is 15.2 Å². The van der Waals surface area contributed by atoms with E-state index in [9.17, 15) is 19.5 Å². The predicted octanol–water partition coefficient (Wildman–Crippen LogP) is 9.33. The van der Waals surface area contributed by atoms with Crippen molar-refractivity contribution in [2.75, 3.05) is 0 Å². The fourth-order valence-electron chi connectivity index (χ4n) is 11.7. The third kappa shape index (κ3) is 6.61. The smallest absolute Gasteiger partial charge is 0.309 e. The van der Waals surface area contributed by atoms with E-state index in [1.807, 2.05) is 13.0 Å². The van der Waals surface area contributed by atoms with Crippen LogP contribution in [0.4, 0.5) is 0 Å². The van der Waals surface area contributed by atoms with E-state index >= 15 is 0 Å². The summed E-state index contributed by atoms with van der Waals surface area (Å²) in [5.41, 5.74) is 1.93. The van der Waals surface area contributed by atoms with E-state index in [1.165, 1.54) is 5.57 Å². The van der Waals surface area contributed by atoms with Crippen molar-refractivity contribution < 1.29 is 28.6 Å². The minimum Gasteiger partial charge on any atom is -0.481 e. The van der Waals surface area contributed by atoms with Crippen molar-refractivity contribution in [1.29, 1.82) is 5.26 Å². The maximum atomic E-state index is 14.1. The number of aliphatic carboxylic acids is 1. The Balaban J connectivity index is 1.27. The van der Waals surface area contributed by atoms with Crippen LogP contribution in [0.15, 0.2) is 33.9 Å². The molecule has 0 spiro atoms. The zero-order valence-corrected chi connectivity index (χ0v) is 33.9. The van der Waals surface area contributed by atoms with Crippen LogP contribution >= 0.6 is 0 Å². The Labute approximate surface area is 320 Å². The summed E-state index contributed by atoms with van der Waals surface area (Å²) in [7, 11) is 0. The molecule has 292 valence electrons. The van der Waals surface area contributed by atoms with Gasteiger partial charge in [0.05, 0.1) is 17.4 Å². The van der Waals surface area contributed by atoms with Gasteiger partial charge >= 0.3 is 11.9 Å². The average Bonchev–Trinajstić information content (AvgIpc) is 3.70. The van der Waals surface area contributed by atoms with E-state index in [1.54, 1.807) is 32.2 Å². The zero-order valence-electron chi connectivity index (χ0n) is 33.9. The largest absolute Gasteiger partial charge is 0.481 e. The first-order valence-corrected chi connectivity index (χ1v) is 20.2. The summed E-state index contributed by atoms with van der Waals surface area (Å²) in [6.45, 7) is 19.5. The van der Waals surface area contributed by atoms with Crippen LogP contribution in [-0.4, -0.2) is 44.1 Å². The molecule has 10 heteroatoms. The molecular weight excluding hydrogens is 681 g/mol. The molecule has 0 saturated heterocycles. The first-order chi connectivity index (χ1) is 25.3. The van der Waals surface area contributed by atoms with Gasteiger partial charge in [0.2, 0.25) is 11.8 Å². The highest BCUT2D eigenvalue weighted by atomic mass is 16.5. The predicted molar refractivity (Wildman–Crippen MR) is 203 cm³/mol. The molecule has 3 fully saturated rings. The van der Waals surface area contributed by atoms with Crippen LogP contribution in [0.5, 0.6) is 0 Å². The number of carboxylic acids is 1. The summed E-state index contributed by atoms with van der Waals surface area (Å²) in [5, 5.41) is 27.6. The number of esters is 1. The second kappa shape index (κ2) is 14.3. The molecule has 0 unspecified atom stereocenters. The summed E-state index contributed by atoms with van der Waals surface area (Å²) in [5.74, 6) is 1.10. The van der Waals surface area contributed by atoms with Gasteiger partial charge in [-0.3, -0.25) is 14.4 Å². The molecule has 10 nitrogen and oxygen atoms in total. The Kier molecular flexibility index (Phi) is 10.6.